The predicted molar refractivity (Wildman–Crippen MR) is 50.8 cm³/mol. The van der Waals surface area contributed by atoms with Gasteiger partial charge in [-0.15, -0.1) is 0 Å². The van der Waals surface area contributed by atoms with Crippen molar-refractivity contribution >= 4 is 6.21 Å². The maximum atomic E-state index is 5.46. The zero-order valence-electron chi connectivity index (χ0n) is 7.67. The average Bonchev–Trinajstić information content (AvgIpc) is 2.05. The monoisotopic (exact) mass is 154 g/mol. The first-order chi connectivity index (χ1) is 5.29. The van der Waals surface area contributed by atoms with E-state index in [4.69, 9.17) is 5.73 Å². The first-order valence-corrected chi connectivity index (χ1v) is 4.14. The van der Waals surface area contributed by atoms with Gasteiger partial charge in [-0.25, -0.2) is 0 Å². The molecule has 0 unspecified atom stereocenters. The molecule has 2 nitrogen and oxygen atoms in total. The summed E-state index contributed by atoms with van der Waals surface area (Å²) in [5.74, 6) is 0.573. The minimum Gasteiger partial charge on any atom is -0.404 e. The second-order valence-corrected chi connectivity index (χ2v) is 2.57. The normalized spacial score (nSPS) is 13.3. The first-order valence-electron chi connectivity index (χ1n) is 4.14. The summed E-state index contributed by atoms with van der Waals surface area (Å²) in [6.07, 6.45) is 5.76. The summed E-state index contributed by atoms with van der Waals surface area (Å²) >= 11 is 0. The van der Waals surface area contributed by atoms with Crippen molar-refractivity contribution < 1.29 is 0 Å². The molecule has 0 spiro atoms. The van der Waals surface area contributed by atoms with E-state index >= 15 is 0 Å². The SMILES string of the molecule is CCC(CC)C(C=NC)=CN. The van der Waals surface area contributed by atoms with Crippen molar-refractivity contribution in [2.24, 2.45) is 16.6 Å². The van der Waals surface area contributed by atoms with E-state index in [1.54, 1.807) is 13.2 Å². The van der Waals surface area contributed by atoms with Crippen molar-refractivity contribution in [3.63, 3.8) is 0 Å². The second-order valence-electron chi connectivity index (χ2n) is 2.57. The van der Waals surface area contributed by atoms with Crippen molar-refractivity contribution in [2.75, 3.05) is 7.05 Å². The van der Waals surface area contributed by atoms with Gasteiger partial charge >= 0.3 is 0 Å². The molecule has 0 fully saturated rings. The van der Waals surface area contributed by atoms with Gasteiger partial charge in [0.15, 0.2) is 0 Å². The predicted octanol–water partition coefficient (Wildman–Crippen LogP) is 1.97. The highest BCUT2D eigenvalue weighted by atomic mass is 14.6. The lowest BCUT2D eigenvalue weighted by atomic mass is 9.95. The van der Waals surface area contributed by atoms with Crippen LogP contribution in [0.1, 0.15) is 26.7 Å². The van der Waals surface area contributed by atoms with Crippen molar-refractivity contribution in [3.8, 4) is 0 Å². The zero-order chi connectivity index (χ0) is 8.69. The summed E-state index contributed by atoms with van der Waals surface area (Å²) in [5.41, 5.74) is 6.61. The Kier molecular flexibility index (Phi) is 5.53. The van der Waals surface area contributed by atoms with E-state index in [9.17, 15) is 0 Å². The number of aliphatic imine (C=N–C) groups is 1. The summed E-state index contributed by atoms with van der Waals surface area (Å²) < 4.78 is 0. The molecule has 0 heterocycles. The van der Waals surface area contributed by atoms with Gasteiger partial charge in [0.2, 0.25) is 0 Å². The van der Waals surface area contributed by atoms with Crippen LogP contribution in [0.3, 0.4) is 0 Å². The maximum Gasteiger partial charge on any atom is 0.0277 e. The largest absolute Gasteiger partial charge is 0.404 e. The molecule has 0 saturated heterocycles. The fraction of sp³-hybridized carbons (Fsp3) is 0.667. The van der Waals surface area contributed by atoms with Crippen molar-refractivity contribution in [1.29, 1.82) is 0 Å². The van der Waals surface area contributed by atoms with Gasteiger partial charge in [0.05, 0.1) is 0 Å². The lowest BCUT2D eigenvalue weighted by Gasteiger charge is -2.11. The molecule has 0 atom stereocenters. The van der Waals surface area contributed by atoms with Gasteiger partial charge in [0.25, 0.3) is 0 Å². The lowest BCUT2D eigenvalue weighted by molar-refractivity contribution is 0.590. The third-order valence-electron chi connectivity index (χ3n) is 1.93. The van der Waals surface area contributed by atoms with Crippen LogP contribution in [0.4, 0.5) is 0 Å². The molecule has 0 aromatic carbocycles. The molecular formula is C9H18N2. The molecule has 0 radical (unpaired) electrons. The van der Waals surface area contributed by atoms with E-state index in [-0.39, 0.29) is 0 Å². The average molecular weight is 154 g/mol. The lowest BCUT2D eigenvalue weighted by Crippen LogP contribution is -2.05. The standard InChI is InChI=1S/C9H18N2/c1-4-8(5-2)9(6-10)7-11-3/h6-8H,4-5,10H2,1-3H3. The van der Waals surface area contributed by atoms with Crippen LogP contribution in [0.25, 0.3) is 0 Å². The quantitative estimate of drug-likeness (QED) is 0.618. The van der Waals surface area contributed by atoms with E-state index in [1.807, 2.05) is 6.21 Å². The van der Waals surface area contributed by atoms with Crippen LogP contribution in [0.15, 0.2) is 16.8 Å². The molecule has 0 aliphatic heterocycles. The smallest absolute Gasteiger partial charge is 0.0277 e. The number of hydrogen-bond donors (Lipinski definition) is 1. The van der Waals surface area contributed by atoms with Crippen LogP contribution in [0.5, 0.6) is 0 Å². The van der Waals surface area contributed by atoms with Gasteiger partial charge < -0.3 is 5.73 Å². The maximum absolute atomic E-state index is 5.46. The minimum atomic E-state index is 0.573. The van der Waals surface area contributed by atoms with Crippen molar-refractivity contribution in [2.45, 2.75) is 26.7 Å². The highest BCUT2D eigenvalue weighted by Gasteiger charge is 2.06. The van der Waals surface area contributed by atoms with E-state index < -0.39 is 0 Å². The Bertz CT molecular complexity index is 144. The van der Waals surface area contributed by atoms with Gasteiger partial charge in [-0.3, -0.25) is 4.99 Å². The van der Waals surface area contributed by atoms with Gasteiger partial charge in [0.1, 0.15) is 0 Å². The molecule has 0 aromatic rings. The summed E-state index contributed by atoms with van der Waals surface area (Å²) in [6, 6.07) is 0. The van der Waals surface area contributed by atoms with Crippen molar-refractivity contribution in [3.05, 3.63) is 11.8 Å². The highest BCUT2D eigenvalue weighted by molar-refractivity contribution is 5.78. The molecular weight excluding hydrogens is 136 g/mol. The summed E-state index contributed by atoms with van der Waals surface area (Å²) in [6.45, 7) is 4.34. The van der Waals surface area contributed by atoms with E-state index in [0.717, 1.165) is 18.4 Å². The molecule has 11 heavy (non-hydrogen) atoms. The van der Waals surface area contributed by atoms with Gasteiger partial charge in [-0.2, -0.15) is 0 Å². The van der Waals surface area contributed by atoms with Gasteiger partial charge in [-0.1, -0.05) is 13.8 Å². The van der Waals surface area contributed by atoms with Gasteiger partial charge in [-0.05, 0) is 30.5 Å². The number of hydrogen-bond acceptors (Lipinski definition) is 2. The Morgan fingerprint density at radius 2 is 2.00 bits per heavy atom. The number of allylic oxidation sites excluding steroid dienone is 1. The molecule has 0 saturated carbocycles. The Morgan fingerprint density at radius 3 is 2.27 bits per heavy atom. The zero-order valence-corrected chi connectivity index (χ0v) is 7.67. The number of nitrogens with zero attached hydrogens (tertiary/aromatic N) is 1. The molecule has 0 aromatic heterocycles. The third kappa shape index (κ3) is 3.21. The Labute approximate surface area is 69.2 Å². The highest BCUT2D eigenvalue weighted by Crippen LogP contribution is 2.15. The molecule has 2 N–H and O–H groups in total. The number of rotatable bonds is 4. The molecule has 0 bridgehead atoms. The topological polar surface area (TPSA) is 38.4 Å². The van der Waals surface area contributed by atoms with Crippen LogP contribution < -0.4 is 5.73 Å². The molecule has 0 aliphatic rings. The number of nitrogens with two attached hydrogens (primary N) is 1. The second kappa shape index (κ2) is 5.96. The summed E-state index contributed by atoms with van der Waals surface area (Å²) in [4.78, 5) is 3.95. The molecule has 0 amide bonds. The first kappa shape index (κ1) is 10.2. The Hall–Kier alpha value is -0.790. The summed E-state index contributed by atoms with van der Waals surface area (Å²) in [7, 11) is 1.77. The van der Waals surface area contributed by atoms with Crippen LogP contribution in [-0.2, 0) is 0 Å². The van der Waals surface area contributed by atoms with E-state index in [0.29, 0.717) is 5.92 Å². The molecule has 64 valence electrons. The van der Waals surface area contributed by atoms with Crippen LogP contribution in [0, 0.1) is 5.92 Å². The van der Waals surface area contributed by atoms with E-state index in [1.165, 1.54) is 0 Å². The third-order valence-corrected chi connectivity index (χ3v) is 1.93. The molecule has 0 aliphatic carbocycles. The van der Waals surface area contributed by atoms with Gasteiger partial charge in [0, 0.05) is 13.3 Å². The fourth-order valence-electron chi connectivity index (χ4n) is 1.19. The molecule has 0 rings (SSSR count). The fourth-order valence-corrected chi connectivity index (χ4v) is 1.19. The Morgan fingerprint density at radius 1 is 1.45 bits per heavy atom. The Balaban J connectivity index is 4.22. The summed E-state index contributed by atoms with van der Waals surface area (Å²) in [5, 5.41) is 0. The van der Waals surface area contributed by atoms with E-state index in [2.05, 4.69) is 18.8 Å². The van der Waals surface area contributed by atoms with Crippen LogP contribution in [0.2, 0.25) is 0 Å². The molecule has 2 heteroatoms. The minimum absolute atomic E-state index is 0.573. The van der Waals surface area contributed by atoms with Crippen molar-refractivity contribution in [1.82, 2.24) is 0 Å². The van der Waals surface area contributed by atoms with Crippen LogP contribution >= 0.6 is 0 Å². The van der Waals surface area contributed by atoms with Crippen LogP contribution in [-0.4, -0.2) is 13.3 Å².